The fourth-order valence-corrected chi connectivity index (χ4v) is 0.321. The Morgan fingerprint density at radius 2 is 1.57 bits per heavy atom. The van der Waals surface area contributed by atoms with Crippen LogP contribution in [0.25, 0.3) is 0 Å². The normalized spacial score (nSPS) is 6.43. The van der Waals surface area contributed by atoms with Crippen molar-refractivity contribution >= 4 is 5.11 Å². The summed E-state index contributed by atoms with van der Waals surface area (Å²) in [7, 11) is 0. The first-order valence-electron chi connectivity index (χ1n) is 1.90. The van der Waals surface area contributed by atoms with Gasteiger partial charge in [0.2, 0.25) is 0 Å². The Balaban J connectivity index is 0.000000162. The average Bonchev–Trinajstić information content (AvgIpc) is 2.23. The van der Waals surface area contributed by atoms with Gasteiger partial charge in [0.1, 0.15) is 0 Å². The van der Waals surface area contributed by atoms with Gasteiger partial charge in [0, 0.05) is 0 Å². The van der Waals surface area contributed by atoms with Gasteiger partial charge in [-0.3, -0.25) is 0 Å². The molecule has 41 valence electrons. The minimum atomic E-state index is 2.00. The summed E-state index contributed by atoms with van der Waals surface area (Å²) < 4.78 is 0. The molecule has 0 radical (unpaired) electrons. The Morgan fingerprint density at radius 1 is 1.14 bits per heavy atom. The van der Waals surface area contributed by atoms with Gasteiger partial charge in [-0.25, -0.2) is 12.1 Å². The minimum absolute atomic E-state index is 2.00. The van der Waals surface area contributed by atoms with Crippen LogP contribution in [0, 0.1) is 0 Å². The second kappa shape index (κ2) is 5.84. The molecule has 0 nitrogen and oxygen atoms in total. The van der Waals surface area contributed by atoms with Crippen LogP contribution >= 0.6 is 0 Å². The van der Waals surface area contributed by atoms with Crippen molar-refractivity contribution in [1.82, 2.24) is 0 Å². The van der Waals surface area contributed by atoms with Gasteiger partial charge in [0.05, 0.1) is 0 Å². The van der Waals surface area contributed by atoms with Crippen LogP contribution in [0.4, 0.5) is 0 Å². The molecule has 0 aliphatic carbocycles. The molecule has 0 heterocycles. The first kappa shape index (κ1) is 6.84. The van der Waals surface area contributed by atoms with Crippen molar-refractivity contribution in [1.29, 1.82) is 0 Å². The van der Waals surface area contributed by atoms with E-state index in [1.165, 1.54) is 0 Å². The second-order valence-corrected chi connectivity index (χ2v) is 0.962. The summed E-state index contributed by atoms with van der Waals surface area (Å²) >= 11 is 2.30. The molecule has 0 unspecified atom stereocenters. The third-order valence-electron chi connectivity index (χ3n) is 0.556. The third-order valence-corrected chi connectivity index (χ3v) is 0.556. The van der Waals surface area contributed by atoms with Gasteiger partial charge in [-0.2, -0.15) is 18.2 Å². The van der Waals surface area contributed by atoms with E-state index in [0.29, 0.717) is 0 Å². The summed E-state index contributed by atoms with van der Waals surface area (Å²) in [4.78, 5) is 0. The summed E-state index contributed by atoms with van der Waals surface area (Å²) in [5.74, 6) is 0. The van der Waals surface area contributed by atoms with E-state index in [1.54, 1.807) is 0 Å². The van der Waals surface area contributed by atoms with Gasteiger partial charge < -0.3 is 0 Å². The zero-order valence-electron chi connectivity index (χ0n) is 3.93. The van der Waals surface area contributed by atoms with Crippen molar-refractivity contribution in [2.24, 2.45) is 0 Å². The van der Waals surface area contributed by atoms with Gasteiger partial charge in [-0.15, -0.1) is 0 Å². The third kappa shape index (κ3) is 3.68. The SMILES string of the molecule is [CH2]=[Rh].c1cc[cH-]c1. The van der Waals surface area contributed by atoms with Gasteiger partial charge in [0.25, 0.3) is 0 Å². The van der Waals surface area contributed by atoms with Crippen LogP contribution in [0.2, 0.25) is 0 Å². The van der Waals surface area contributed by atoms with Crippen molar-refractivity contribution in [2.75, 3.05) is 0 Å². The summed E-state index contributed by atoms with van der Waals surface area (Å²) in [6.45, 7) is 0. The smallest absolute Gasteiger partial charge is 0.172 e. The number of hydrogen-bond donors (Lipinski definition) is 0. The van der Waals surface area contributed by atoms with Crippen molar-refractivity contribution in [3.8, 4) is 0 Å². The van der Waals surface area contributed by atoms with E-state index in [9.17, 15) is 0 Å². The predicted octanol–water partition coefficient (Wildman–Crippen LogP) is 1.37. The van der Waals surface area contributed by atoms with Crippen molar-refractivity contribution in [2.45, 2.75) is 0 Å². The molecule has 1 aromatic rings. The molecule has 0 bridgehead atoms. The van der Waals surface area contributed by atoms with E-state index in [-0.39, 0.29) is 0 Å². The molecule has 0 aliphatic heterocycles. The molecular formula is C6H7Rh-. The van der Waals surface area contributed by atoms with Crippen LogP contribution in [0.1, 0.15) is 0 Å². The Morgan fingerprint density at radius 3 is 1.71 bits per heavy atom. The van der Waals surface area contributed by atoms with E-state index in [1.807, 2.05) is 30.3 Å². The number of rotatable bonds is 0. The quantitative estimate of drug-likeness (QED) is 0.420. The first-order valence-corrected chi connectivity index (χ1v) is 3.06. The van der Waals surface area contributed by atoms with Gasteiger partial charge in [-0.1, -0.05) is 0 Å². The second-order valence-electron chi connectivity index (χ2n) is 0.962. The van der Waals surface area contributed by atoms with Crippen molar-refractivity contribution in [3.05, 3.63) is 30.3 Å². The number of hydrogen-bond acceptors (Lipinski definition) is 0. The van der Waals surface area contributed by atoms with Crippen LogP contribution in [-0.2, 0) is 17.9 Å². The molecule has 0 aromatic heterocycles. The topological polar surface area (TPSA) is 0 Å². The maximum Gasteiger partial charge on any atom is -0.172 e. The molecule has 1 aromatic carbocycles. The average molecular weight is 182 g/mol. The zero-order valence-corrected chi connectivity index (χ0v) is 5.57. The largest absolute Gasteiger partial charge is 0.214 e. The van der Waals surface area contributed by atoms with Crippen molar-refractivity contribution < 1.29 is 17.9 Å². The fourth-order valence-electron chi connectivity index (χ4n) is 0.321. The zero-order chi connectivity index (χ0) is 5.54. The molecule has 1 rings (SSSR count). The Hall–Kier alpha value is -0.157. The molecule has 0 N–H and O–H groups in total. The molecule has 0 saturated carbocycles. The molecule has 7 heavy (non-hydrogen) atoms. The summed E-state index contributed by atoms with van der Waals surface area (Å²) in [6, 6.07) is 10.0. The Kier molecular flexibility index (Phi) is 5.71. The maximum absolute atomic E-state index is 3.14. The maximum atomic E-state index is 3.14. The van der Waals surface area contributed by atoms with E-state index >= 15 is 0 Å². The van der Waals surface area contributed by atoms with Crippen LogP contribution in [0.15, 0.2) is 30.3 Å². The molecule has 0 atom stereocenters. The minimum Gasteiger partial charge on any atom is -0.214 e. The molecule has 0 aliphatic rings. The van der Waals surface area contributed by atoms with Crippen LogP contribution in [0.5, 0.6) is 0 Å². The van der Waals surface area contributed by atoms with Gasteiger partial charge >= 0.3 is 23.0 Å². The standard InChI is InChI=1S/C5H5.CH2.Rh/c1-2-4-5-3-1;;/h1-5H;1H2;/q-1;;. The molecule has 1 heteroatoms. The first-order chi connectivity index (χ1) is 3.50. The van der Waals surface area contributed by atoms with Gasteiger partial charge in [-0.05, 0) is 0 Å². The van der Waals surface area contributed by atoms with E-state index < -0.39 is 0 Å². The fraction of sp³-hybridized carbons (Fsp3) is 0. The summed E-state index contributed by atoms with van der Waals surface area (Å²) in [6.07, 6.45) is 0. The molecule has 0 amide bonds. The van der Waals surface area contributed by atoms with Crippen LogP contribution < -0.4 is 0 Å². The van der Waals surface area contributed by atoms with Crippen molar-refractivity contribution in [3.63, 3.8) is 0 Å². The Bertz CT molecular complexity index is 71.1. The molecule has 0 spiro atoms. The predicted molar refractivity (Wildman–Crippen MR) is 29.2 cm³/mol. The summed E-state index contributed by atoms with van der Waals surface area (Å²) in [5.41, 5.74) is 0. The van der Waals surface area contributed by atoms with Gasteiger partial charge in [0.15, 0.2) is 0 Å². The summed E-state index contributed by atoms with van der Waals surface area (Å²) in [5, 5.41) is 3.14. The van der Waals surface area contributed by atoms with Crippen LogP contribution in [-0.4, -0.2) is 5.11 Å². The monoisotopic (exact) mass is 182 g/mol. The Labute approximate surface area is 53.7 Å². The van der Waals surface area contributed by atoms with Crippen LogP contribution in [0.3, 0.4) is 0 Å². The molecule has 0 fully saturated rings. The van der Waals surface area contributed by atoms with E-state index in [2.05, 4.69) is 23.0 Å². The van der Waals surface area contributed by atoms with E-state index in [4.69, 9.17) is 0 Å². The molecular weight excluding hydrogens is 175 g/mol. The molecule has 0 saturated heterocycles. The van der Waals surface area contributed by atoms with E-state index in [0.717, 1.165) is 0 Å².